The maximum absolute atomic E-state index is 13.5. The zero-order valence-corrected chi connectivity index (χ0v) is 22.1. The molecule has 9 nitrogen and oxygen atoms in total. The molecule has 1 aromatic carbocycles. The SMILES string of the molecule is COCCNC(=O)CC1=CSC2=NC(C)=C(C(=O)OC(C)(C)C)C(c3cccc(OC)c3OC)N12. The number of amides is 1. The van der Waals surface area contributed by atoms with Crippen molar-refractivity contribution in [2.24, 2.45) is 4.99 Å². The van der Waals surface area contributed by atoms with E-state index in [4.69, 9.17) is 23.9 Å². The molecule has 1 unspecified atom stereocenters. The summed E-state index contributed by atoms with van der Waals surface area (Å²) in [6, 6.07) is 4.89. The van der Waals surface area contributed by atoms with Gasteiger partial charge in [0.25, 0.3) is 0 Å². The highest BCUT2D eigenvalue weighted by molar-refractivity contribution is 8.16. The van der Waals surface area contributed by atoms with E-state index in [0.717, 1.165) is 0 Å². The smallest absolute Gasteiger partial charge is 0.338 e. The highest BCUT2D eigenvalue weighted by Gasteiger charge is 2.43. The van der Waals surface area contributed by atoms with Crippen molar-refractivity contribution in [3.8, 4) is 11.5 Å². The lowest BCUT2D eigenvalue weighted by Gasteiger charge is -2.37. The van der Waals surface area contributed by atoms with Crippen molar-refractivity contribution in [1.29, 1.82) is 0 Å². The molecule has 1 atom stereocenters. The van der Waals surface area contributed by atoms with Gasteiger partial charge in [0.15, 0.2) is 16.7 Å². The zero-order chi connectivity index (χ0) is 25.8. The third kappa shape index (κ3) is 5.99. The number of esters is 1. The second-order valence-electron chi connectivity index (χ2n) is 9.00. The molecule has 1 aromatic rings. The van der Waals surface area contributed by atoms with Gasteiger partial charge >= 0.3 is 5.97 Å². The van der Waals surface area contributed by atoms with E-state index < -0.39 is 17.6 Å². The Kier molecular flexibility index (Phi) is 8.50. The molecule has 2 aliphatic heterocycles. The predicted octanol–water partition coefficient (Wildman–Crippen LogP) is 3.77. The van der Waals surface area contributed by atoms with Gasteiger partial charge in [0, 0.05) is 24.9 Å². The minimum atomic E-state index is -0.697. The number of rotatable bonds is 9. The maximum atomic E-state index is 13.5. The zero-order valence-electron chi connectivity index (χ0n) is 21.3. The molecular weight excluding hydrogens is 470 g/mol. The number of para-hydroxylation sites is 1. The summed E-state index contributed by atoms with van der Waals surface area (Å²) < 4.78 is 22.0. The molecule has 1 N–H and O–H groups in total. The average molecular weight is 504 g/mol. The monoisotopic (exact) mass is 503 g/mol. The Hall–Kier alpha value is -2.98. The van der Waals surface area contributed by atoms with Crippen molar-refractivity contribution in [3.05, 3.63) is 46.1 Å². The Morgan fingerprint density at radius 2 is 1.91 bits per heavy atom. The molecule has 2 heterocycles. The second-order valence-corrected chi connectivity index (χ2v) is 9.83. The minimum Gasteiger partial charge on any atom is -0.493 e. The molecule has 0 radical (unpaired) electrons. The standard InChI is InChI=1S/C25H33N3O6S/c1-15-20(23(30)34-25(2,3)4)21(17-9-8-10-18(32-6)22(17)33-7)28-16(14-35-24(28)27-15)13-19(29)26-11-12-31-5/h8-10,14,21H,11-13H2,1-7H3,(H,26,29). The number of carbonyl (C=O) groups is 2. The van der Waals surface area contributed by atoms with Crippen molar-refractivity contribution < 1.29 is 28.5 Å². The third-order valence-electron chi connectivity index (χ3n) is 5.32. The summed E-state index contributed by atoms with van der Waals surface area (Å²) >= 11 is 1.41. The molecule has 35 heavy (non-hydrogen) atoms. The fourth-order valence-electron chi connectivity index (χ4n) is 3.90. The summed E-state index contributed by atoms with van der Waals surface area (Å²) in [5.41, 5.74) is 1.65. The molecule has 0 saturated heterocycles. The Morgan fingerprint density at radius 3 is 2.54 bits per heavy atom. The molecule has 190 valence electrons. The molecule has 10 heteroatoms. The average Bonchev–Trinajstić information content (AvgIpc) is 3.18. The first-order chi connectivity index (χ1) is 16.6. The summed E-state index contributed by atoms with van der Waals surface area (Å²) in [4.78, 5) is 32.7. The van der Waals surface area contributed by atoms with Gasteiger partial charge in [-0.2, -0.15) is 0 Å². The topological polar surface area (TPSA) is 98.7 Å². The summed E-state index contributed by atoms with van der Waals surface area (Å²) in [7, 11) is 4.70. The number of nitrogens with zero attached hydrogens (tertiary/aromatic N) is 2. The largest absolute Gasteiger partial charge is 0.493 e. The van der Waals surface area contributed by atoms with E-state index in [0.29, 0.717) is 52.3 Å². The van der Waals surface area contributed by atoms with Crippen LogP contribution in [0.1, 0.15) is 45.7 Å². The van der Waals surface area contributed by atoms with Crippen LogP contribution in [-0.2, 0) is 19.1 Å². The van der Waals surface area contributed by atoms with Crippen LogP contribution in [0.2, 0.25) is 0 Å². The Bertz CT molecular complexity index is 1070. The van der Waals surface area contributed by atoms with Gasteiger partial charge in [-0.05, 0) is 39.2 Å². The third-order valence-corrected chi connectivity index (χ3v) is 6.21. The number of fused-ring (bicyclic) bond motifs is 1. The van der Waals surface area contributed by atoms with Crippen molar-refractivity contribution in [3.63, 3.8) is 0 Å². The first kappa shape index (κ1) is 26.6. The number of hydrogen-bond donors (Lipinski definition) is 1. The van der Waals surface area contributed by atoms with E-state index in [1.54, 1.807) is 34.3 Å². The summed E-state index contributed by atoms with van der Waals surface area (Å²) in [6.07, 6.45) is 0.110. The molecule has 0 spiro atoms. The molecule has 0 fully saturated rings. The Labute approximate surface area is 210 Å². The van der Waals surface area contributed by atoms with E-state index in [2.05, 4.69) is 5.32 Å². The molecule has 3 rings (SSSR count). The number of hydrogen-bond acceptors (Lipinski definition) is 9. The van der Waals surface area contributed by atoms with Crippen LogP contribution in [0.15, 0.2) is 45.6 Å². The quantitative estimate of drug-likeness (QED) is 0.402. The second kappa shape index (κ2) is 11.2. The highest BCUT2D eigenvalue weighted by Crippen LogP contribution is 2.48. The lowest BCUT2D eigenvalue weighted by molar-refractivity contribution is -0.150. The number of aliphatic imine (C=N–C) groups is 1. The van der Waals surface area contributed by atoms with Crippen molar-refractivity contribution in [2.45, 2.75) is 45.8 Å². The van der Waals surface area contributed by atoms with E-state index in [9.17, 15) is 9.59 Å². The van der Waals surface area contributed by atoms with Crippen LogP contribution < -0.4 is 14.8 Å². The number of thioether (sulfide) groups is 1. The van der Waals surface area contributed by atoms with Gasteiger partial charge in [0.2, 0.25) is 5.91 Å². The van der Waals surface area contributed by atoms with Gasteiger partial charge < -0.3 is 29.2 Å². The normalized spacial score (nSPS) is 17.5. The molecule has 0 saturated carbocycles. The number of ether oxygens (including phenoxy) is 4. The first-order valence-corrected chi connectivity index (χ1v) is 12.1. The fourth-order valence-corrected chi connectivity index (χ4v) is 4.87. The number of amidine groups is 1. The van der Waals surface area contributed by atoms with Crippen LogP contribution in [0, 0.1) is 0 Å². The van der Waals surface area contributed by atoms with Gasteiger partial charge in [-0.3, -0.25) is 4.79 Å². The van der Waals surface area contributed by atoms with E-state index >= 15 is 0 Å². The van der Waals surface area contributed by atoms with Crippen molar-refractivity contribution in [1.82, 2.24) is 10.2 Å². The lowest BCUT2D eigenvalue weighted by Crippen LogP contribution is -2.39. The van der Waals surface area contributed by atoms with Crippen LogP contribution in [0.5, 0.6) is 11.5 Å². The van der Waals surface area contributed by atoms with Crippen LogP contribution in [-0.4, -0.2) is 62.0 Å². The van der Waals surface area contributed by atoms with E-state index in [1.165, 1.54) is 11.8 Å². The molecule has 2 aliphatic rings. The van der Waals surface area contributed by atoms with Gasteiger partial charge in [-0.1, -0.05) is 23.9 Å². The van der Waals surface area contributed by atoms with Crippen LogP contribution in [0.25, 0.3) is 0 Å². The van der Waals surface area contributed by atoms with Crippen LogP contribution in [0.3, 0.4) is 0 Å². The van der Waals surface area contributed by atoms with E-state index in [-0.39, 0.29) is 12.3 Å². The maximum Gasteiger partial charge on any atom is 0.338 e. The Balaban J connectivity index is 2.09. The molecule has 0 aliphatic carbocycles. The molecule has 0 aromatic heterocycles. The van der Waals surface area contributed by atoms with Crippen LogP contribution in [0.4, 0.5) is 0 Å². The molecular formula is C25H33N3O6S. The first-order valence-electron chi connectivity index (χ1n) is 11.3. The van der Waals surface area contributed by atoms with Crippen molar-refractivity contribution in [2.75, 3.05) is 34.5 Å². The summed E-state index contributed by atoms with van der Waals surface area (Å²) in [5, 5.41) is 5.41. The number of nitrogens with one attached hydrogen (secondary N) is 1. The van der Waals surface area contributed by atoms with Crippen LogP contribution >= 0.6 is 11.8 Å². The summed E-state index contributed by atoms with van der Waals surface area (Å²) in [5.74, 6) is 0.394. The van der Waals surface area contributed by atoms with Gasteiger partial charge in [0.1, 0.15) is 5.60 Å². The van der Waals surface area contributed by atoms with E-state index in [1.807, 2.05) is 43.2 Å². The number of benzene rings is 1. The van der Waals surface area contributed by atoms with Gasteiger partial charge in [-0.25, -0.2) is 9.79 Å². The molecule has 1 amide bonds. The number of methoxy groups -OCH3 is 3. The Morgan fingerprint density at radius 1 is 1.17 bits per heavy atom. The fraction of sp³-hybridized carbons (Fsp3) is 0.480. The summed E-state index contributed by atoms with van der Waals surface area (Å²) in [6.45, 7) is 8.08. The minimum absolute atomic E-state index is 0.110. The lowest BCUT2D eigenvalue weighted by atomic mass is 9.92. The number of allylic oxidation sites excluding steroid dienone is 1. The molecule has 0 bridgehead atoms. The van der Waals surface area contributed by atoms with Gasteiger partial charge in [0.05, 0.1) is 44.6 Å². The predicted molar refractivity (Wildman–Crippen MR) is 135 cm³/mol. The van der Waals surface area contributed by atoms with Crippen molar-refractivity contribution >= 4 is 28.8 Å². The number of carbonyl (C=O) groups excluding carboxylic acids is 2. The highest BCUT2D eigenvalue weighted by atomic mass is 32.2. The van der Waals surface area contributed by atoms with Gasteiger partial charge in [-0.15, -0.1) is 0 Å².